The second-order valence-electron chi connectivity index (χ2n) is 11.1. The molecule has 1 aromatic carbocycles. The van der Waals surface area contributed by atoms with Gasteiger partial charge in [0, 0.05) is 27.8 Å². The summed E-state index contributed by atoms with van der Waals surface area (Å²) in [5, 5.41) is 0. The van der Waals surface area contributed by atoms with Crippen LogP contribution in [0.4, 0.5) is 0 Å². The van der Waals surface area contributed by atoms with Gasteiger partial charge in [-0.25, -0.2) is 4.79 Å². The number of carbonyl (C=O) groups excluding carboxylic acids is 3. The molecule has 0 fully saturated rings. The smallest absolute Gasteiger partial charge is 0.333 e. The second kappa shape index (κ2) is 14.9. The van der Waals surface area contributed by atoms with Crippen molar-refractivity contribution in [2.45, 2.75) is 98.8 Å². The van der Waals surface area contributed by atoms with Crippen molar-refractivity contribution in [1.29, 1.82) is 0 Å². The van der Waals surface area contributed by atoms with Crippen molar-refractivity contribution in [1.82, 2.24) is 0 Å². The molecule has 0 saturated heterocycles. The third kappa shape index (κ3) is 8.87. The van der Waals surface area contributed by atoms with Crippen LogP contribution in [0.3, 0.4) is 0 Å². The van der Waals surface area contributed by atoms with Crippen LogP contribution >= 0.6 is 0 Å². The largest absolute Gasteiger partial charge is 0.466 e. The van der Waals surface area contributed by atoms with Gasteiger partial charge in [0.15, 0.2) is 11.6 Å². The zero-order chi connectivity index (χ0) is 26.7. The van der Waals surface area contributed by atoms with Gasteiger partial charge >= 0.3 is 5.97 Å². The Morgan fingerprint density at radius 2 is 1.36 bits per heavy atom. The van der Waals surface area contributed by atoms with Gasteiger partial charge < -0.3 is 4.74 Å². The lowest BCUT2D eigenvalue weighted by Crippen LogP contribution is -2.20. The zero-order valence-electron chi connectivity index (χ0n) is 23.3. The summed E-state index contributed by atoms with van der Waals surface area (Å²) in [6.45, 7) is 11.0. The standard InChI is InChI=1S/C32H46O4/c1-22(2)12-9-13-23(3)14-10-15-24(4)16-11-17-26(32(35)36-6)20-21-27-25(5)30(33)28-18-7-8-19-29(28)31(27)34/h7-8,18-20,22-24H,9-17,21H2,1-6H3/b26-20+. The lowest BCUT2D eigenvalue weighted by Gasteiger charge is -2.18. The number of hydrogen-bond donors (Lipinski definition) is 0. The van der Waals surface area contributed by atoms with E-state index in [4.69, 9.17) is 4.74 Å². The second-order valence-corrected chi connectivity index (χ2v) is 11.1. The molecule has 0 amide bonds. The number of esters is 1. The lowest BCUT2D eigenvalue weighted by atomic mass is 9.83. The Kier molecular flexibility index (Phi) is 12.3. The molecule has 4 nitrogen and oxygen atoms in total. The van der Waals surface area contributed by atoms with E-state index in [0.717, 1.165) is 24.7 Å². The molecule has 1 aliphatic carbocycles. The third-order valence-corrected chi connectivity index (χ3v) is 7.50. The number of hydrogen-bond acceptors (Lipinski definition) is 4. The van der Waals surface area contributed by atoms with Gasteiger partial charge in [-0.3, -0.25) is 9.59 Å². The van der Waals surface area contributed by atoms with Gasteiger partial charge in [-0.15, -0.1) is 0 Å². The highest BCUT2D eigenvalue weighted by atomic mass is 16.5. The predicted octanol–water partition coefficient (Wildman–Crippen LogP) is 8.31. The van der Waals surface area contributed by atoms with Crippen LogP contribution in [0.1, 0.15) is 120 Å². The number of benzene rings is 1. The van der Waals surface area contributed by atoms with E-state index in [0.29, 0.717) is 40.2 Å². The summed E-state index contributed by atoms with van der Waals surface area (Å²) in [4.78, 5) is 38.2. The monoisotopic (exact) mass is 494 g/mol. The first-order valence-corrected chi connectivity index (χ1v) is 13.8. The molecule has 2 atom stereocenters. The molecule has 0 bridgehead atoms. The van der Waals surface area contributed by atoms with Crippen molar-refractivity contribution in [2.75, 3.05) is 7.11 Å². The maximum Gasteiger partial charge on any atom is 0.333 e. The first-order chi connectivity index (χ1) is 17.1. The summed E-state index contributed by atoms with van der Waals surface area (Å²) in [5.74, 6) is 1.61. The van der Waals surface area contributed by atoms with Crippen LogP contribution in [0.15, 0.2) is 47.1 Å². The van der Waals surface area contributed by atoms with E-state index in [1.165, 1.54) is 45.6 Å². The first-order valence-electron chi connectivity index (χ1n) is 13.8. The van der Waals surface area contributed by atoms with Gasteiger partial charge in [-0.2, -0.15) is 0 Å². The van der Waals surface area contributed by atoms with Gasteiger partial charge in [0.05, 0.1) is 7.11 Å². The van der Waals surface area contributed by atoms with Crippen LogP contribution in [0, 0.1) is 17.8 Å². The molecule has 0 spiro atoms. The summed E-state index contributed by atoms with van der Waals surface area (Å²) >= 11 is 0. The Labute approximate surface area is 218 Å². The Morgan fingerprint density at radius 3 is 1.92 bits per heavy atom. The van der Waals surface area contributed by atoms with Crippen LogP contribution in [0.2, 0.25) is 0 Å². The number of fused-ring (bicyclic) bond motifs is 1. The van der Waals surface area contributed by atoms with E-state index < -0.39 is 0 Å². The van der Waals surface area contributed by atoms with E-state index in [9.17, 15) is 14.4 Å². The summed E-state index contributed by atoms with van der Waals surface area (Å²) in [6, 6.07) is 6.93. The third-order valence-electron chi connectivity index (χ3n) is 7.50. The molecule has 36 heavy (non-hydrogen) atoms. The van der Waals surface area contributed by atoms with Gasteiger partial charge in [0.2, 0.25) is 0 Å². The van der Waals surface area contributed by atoms with Crippen LogP contribution in [0.5, 0.6) is 0 Å². The predicted molar refractivity (Wildman–Crippen MR) is 147 cm³/mol. The minimum Gasteiger partial charge on any atom is -0.466 e. The number of ketones is 2. The van der Waals surface area contributed by atoms with Gasteiger partial charge in [0.25, 0.3) is 0 Å². The average molecular weight is 495 g/mol. The minimum absolute atomic E-state index is 0.115. The molecule has 0 saturated carbocycles. The molecule has 0 aliphatic heterocycles. The normalized spacial score (nSPS) is 15.8. The van der Waals surface area contributed by atoms with Crippen LogP contribution in [0.25, 0.3) is 0 Å². The summed E-state index contributed by atoms with van der Waals surface area (Å²) in [7, 11) is 1.39. The van der Waals surface area contributed by atoms with Gasteiger partial charge in [-0.05, 0) is 43.9 Å². The molecule has 0 heterocycles. The van der Waals surface area contributed by atoms with Crippen LogP contribution < -0.4 is 0 Å². The van der Waals surface area contributed by atoms with E-state index in [1.807, 2.05) is 0 Å². The van der Waals surface area contributed by atoms with Crippen LogP contribution in [-0.4, -0.2) is 24.6 Å². The fourth-order valence-corrected chi connectivity index (χ4v) is 5.06. The maximum atomic E-state index is 13.0. The van der Waals surface area contributed by atoms with E-state index in [2.05, 4.69) is 27.7 Å². The maximum absolute atomic E-state index is 13.0. The zero-order valence-corrected chi connectivity index (χ0v) is 23.3. The fourth-order valence-electron chi connectivity index (χ4n) is 5.06. The van der Waals surface area contributed by atoms with Crippen molar-refractivity contribution in [3.05, 3.63) is 58.2 Å². The molecule has 2 unspecified atom stereocenters. The summed E-state index contributed by atoms with van der Waals surface area (Å²) in [6.07, 6.45) is 12.4. The molecule has 4 heteroatoms. The van der Waals surface area contributed by atoms with Gasteiger partial charge in [-0.1, -0.05) is 103 Å². The molecule has 2 rings (SSSR count). The number of Topliss-reactive ketones (excluding diaryl/α,β-unsaturated/α-hetero) is 2. The molecular formula is C32H46O4. The molecule has 0 aromatic heterocycles. The van der Waals surface area contributed by atoms with Gasteiger partial charge in [0.1, 0.15) is 0 Å². The SMILES string of the molecule is COC(=O)/C(=C/CC1=C(C)C(=O)c2ccccc2C1=O)CCCC(C)CCCC(C)CCCC(C)C. The number of rotatable bonds is 15. The van der Waals surface area contributed by atoms with E-state index >= 15 is 0 Å². The Hall–Kier alpha value is -2.49. The number of ether oxygens (including phenoxy) is 1. The van der Waals surface area contributed by atoms with Crippen molar-refractivity contribution in [2.24, 2.45) is 17.8 Å². The Morgan fingerprint density at radius 1 is 0.833 bits per heavy atom. The van der Waals surface area contributed by atoms with Crippen molar-refractivity contribution in [3.63, 3.8) is 0 Å². The summed E-state index contributed by atoms with van der Waals surface area (Å²) in [5.41, 5.74) is 2.42. The molecule has 1 aromatic rings. The van der Waals surface area contributed by atoms with Crippen molar-refractivity contribution in [3.8, 4) is 0 Å². The van der Waals surface area contributed by atoms with Crippen molar-refractivity contribution < 1.29 is 19.1 Å². The molecule has 198 valence electrons. The molecule has 1 aliphatic rings. The molecule has 0 N–H and O–H groups in total. The highest BCUT2D eigenvalue weighted by Gasteiger charge is 2.29. The lowest BCUT2D eigenvalue weighted by molar-refractivity contribution is -0.136. The van der Waals surface area contributed by atoms with E-state index in [1.54, 1.807) is 37.3 Å². The summed E-state index contributed by atoms with van der Waals surface area (Å²) < 4.78 is 5.00. The van der Waals surface area contributed by atoms with E-state index in [-0.39, 0.29) is 24.0 Å². The van der Waals surface area contributed by atoms with Crippen molar-refractivity contribution >= 4 is 17.5 Å². The molecule has 0 radical (unpaired) electrons. The quantitative estimate of drug-likeness (QED) is 0.182. The number of carbonyl (C=O) groups is 3. The Bertz CT molecular complexity index is 966. The average Bonchev–Trinajstić information content (AvgIpc) is 2.85. The van der Waals surface area contributed by atoms with Crippen LogP contribution in [-0.2, 0) is 9.53 Å². The minimum atomic E-state index is -0.355. The number of methoxy groups -OCH3 is 1. The topological polar surface area (TPSA) is 60.4 Å². The number of allylic oxidation sites excluding steroid dienone is 3. The molecular weight excluding hydrogens is 448 g/mol. The first kappa shape index (κ1) is 29.7. The fraction of sp³-hybridized carbons (Fsp3) is 0.594. The highest BCUT2D eigenvalue weighted by Crippen LogP contribution is 2.29. The highest BCUT2D eigenvalue weighted by molar-refractivity contribution is 6.26. The Balaban J connectivity index is 1.87.